The lowest BCUT2D eigenvalue weighted by atomic mass is 10.1. The fraction of sp³-hybridized carbons (Fsp3) is 0. The first kappa shape index (κ1) is 18.7. The second-order valence-electron chi connectivity index (χ2n) is 5.91. The highest BCUT2D eigenvalue weighted by atomic mass is 35.5. The van der Waals surface area contributed by atoms with Gasteiger partial charge in [0.25, 0.3) is 5.89 Å². The number of nitriles is 1. The molecule has 2 aromatic heterocycles. The summed E-state index contributed by atoms with van der Waals surface area (Å²) < 4.78 is 5.42. The molecule has 0 aliphatic rings. The van der Waals surface area contributed by atoms with E-state index in [-0.39, 0.29) is 27.7 Å². The Kier molecular flexibility index (Phi) is 4.76. The van der Waals surface area contributed by atoms with E-state index >= 15 is 0 Å². The summed E-state index contributed by atoms with van der Waals surface area (Å²) in [5, 5.41) is 23.2. The minimum Gasteiger partial charge on any atom is -0.478 e. The van der Waals surface area contributed by atoms with E-state index in [4.69, 9.17) is 21.3 Å². The van der Waals surface area contributed by atoms with Crippen molar-refractivity contribution in [2.24, 2.45) is 0 Å². The average Bonchev–Trinajstić information content (AvgIpc) is 3.32. The van der Waals surface area contributed by atoms with E-state index in [9.17, 15) is 14.7 Å². The van der Waals surface area contributed by atoms with Crippen LogP contribution >= 0.6 is 22.9 Å². The van der Waals surface area contributed by atoms with Crippen LogP contribution in [0.3, 0.4) is 0 Å². The molecule has 2 heterocycles. The van der Waals surface area contributed by atoms with Crippen molar-refractivity contribution < 1.29 is 19.1 Å². The summed E-state index contributed by atoms with van der Waals surface area (Å²) in [5.41, 5.74) is 1.73. The van der Waals surface area contributed by atoms with Gasteiger partial charge in [-0.3, -0.25) is 4.79 Å². The summed E-state index contributed by atoms with van der Waals surface area (Å²) in [5.74, 6) is -2.06. The number of fused-ring (bicyclic) bond motifs is 1. The topological polar surface area (TPSA) is 116 Å². The molecule has 0 spiro atoms. The van der Waals surface area contributed by atoms with Crippen LogP contribution in [0.5, 0.6) is 0 Å². The summed E-state index contributed by atoms with van der Waals surface area (Å²) in [6.07, 6.45) is 0. The maximum atomic E-state index is 12.5. The molecule has 9 heteroatoms. The first-order valence-corrected chi connectivity index (χ1v) is 9.45. The molecule has 0 aliphatic carbocycles. The quantitative estimate of drug-likeness (QED) is 0.475. The Labute approximate surface area is 172 Å². The Balaban J connectivity index is 1.71. The molecule has 0 aliphatic heterocycles. The standard InChI is InChI=1S/C20H10ClN3O4S/c21-12-6-5-10(7-11(12)8-22)17-16(20(26)27)14(9-29-17)23-18(25)19-24-13-3-1-2-4-15(13)28-19/h1-7,9H,(H,23,25)(H,26,27). The highest BCUT2D eigenvalue weighted by molar-refractivity contribution is 7.14. The number of halogens is 1. The van der Waals surface area contributed by atoms with Crippen molar-refractivity contribution in [1.29, 1.82) is 5.26 Å². The van der Waals surface area contributed by atoms with Gasteiger partial charge in [-0.25, -0.2) is 9.78 Å². The summed E-state index contributed by atoms with van der Waals surface area (Å²) >= 11 is 7.08. The molecule has 7 nitrogen and oxygen atoms in total. The number of hydrogen-bond donors (Lipinski definition) is 2. The predicted molar refractivity (Wildman–Crippen MR) is 108 cm³/mol. The van der Waals surface area contributed by atoms with Crippen LogP contribution < -0.4 is 5.32 Å². The number of nitrogens with one attached hydrogen (secondary N) is 1. The van der Waals surface area contributed by atoms with Crippen molar-refractivity contribution >= 4 is 51.6 Å². The third-order valence-electron chi connectivity index (χ3n) is 4.09. The van der Waals surface area contributed by atoms with Crippen molar-refractivity contribution in [3.8, 4) is 16.5 Å². The number of nitrogens with zero attached hydrogens (tertiary/aromatic N) is 2. The fourth-order valence-electron chi connectivity index (χ4n) is 2.77. The van der Waals surface area contributed by atoms with Gasteiger partial charge in [-0.1, -0.05) is 29.8 Å². The van der Waals surface area contributed by atoms with Gasteiger partial charge in [0.05, 0.1) is 21.2 Å². The molecule has 2 N–H and O–H groups in total. The summed E-state index contributed by atoms with van der Waals surface area (Å²) in [6.45, 7) is 0. The molecular weight excluding hydrogens is 414 g/mol. The average molecular weight is 424 g/mol. The van der Waals surface area contributed by atoms with Gasteiger partial charge in [0.15, 0.2) is 5.58 Å². The molecule has 0 atom stereocenters. The first-order valence-electron chi connectivity index (χ1n) is 8.19. The molecule has 0 saturated carbocycles. The lowest BCUT2D eigenvalue weighted by Gasteiger charge is -2.05. The van der Waals surface area contributed by atoms with Crippen molar-refractivity contribution in [2.45, 2.75) is 0 Å². The van der Waals surface area contributed by atoms with Gasteiger partial charge in [-0.05, 0) is 29.8 Å². The predicted octanol–water partition coefficient (Wildman–Crippen LogP) is 5.03. The van der Waals surface area contributed by atoms with Gasteiger partial charge in [-0.2, -0.15) is 5.26 Å². The number of aromatic nitrogens is 1. The Morgan fingerprint density at radius 1 is 1.24 bits per heavy atom. The normalized spacial score (nSPS) is 10.6. The number of aromatic carboxylic acids is 1. The molecule has 4 rings (SSSR count). The number of benzene rings is 2. The van der Waals surface area contributed by atoms with Gasteiger partial charge in [0, 0.05) is 5.38 Å². The van der Waals surface area contributed by atoms with Crippen LogP contribution in [-0.4, -0.2) is 22.0 Å². The zero-order valence-electron chi connectivity index (χ0n) is 14.5. The van der Waals surface area contributed by atoms with Gasteiger partial charge in [0.2, 0.25) is 0 Å². The second-order valence-corrected chi connectivity index (χ2v) is 7.19. The van der Waals surface area contributed by atoms with Crippen LogP contribution in [0.25, 0.3) is 21.5 Å². The van der Waals surface area contributed by atoms with Crippen LogP contribution in [0.15, 0.2) is 52.3 Å². The lowest BCUT2D eigenvalue weighted by Crippen LogP contribution is -2.14. The van der Waals surface area contributed by atoms with E-state index in [1.807, 2.05) is 6.07 Å². The lowest BCUT2D eigenvalue weighted by molar-refractivity contribution is 0.0699. The molecule has 0 bridgehead atoms. The summed E-state index contributed by atoms with van der Waals surface area (Å²) in [7, 11) is 0. The summed E-state index contributed by atoms with van der Waals surface area (Å²) in [6, 6.07) is 13.5. The van der Waals surface area contributed by atoms with Crippen LogP contribution in [0, 0.1) is 11.3 Å². The van der Waals surface area contributed by atoms with Crippen LogP contribution in [-0.2, 0) is 0 Å². The smallest absolute Gasteiger partial charge is 0.339 e. The number of carbonyl (C=O) groups is 2. The molecule has 0 saturated heterocycles. The monoisotopic (exact) mass is 423 g/mol. The number of para-hydroxylation sites is 2. The molecule has 4 aromatic rings. The fourth-order valence-corrected chi connectivity index (χ4v) is 3.92. The number of oxazole rings is 1. The van der Waals surface area contributed by atoms with E-state index in [0.29, 0.717) is 21.5 Å². The number of anilines is 1. The van der Waals surface area contributed by atoms with Crippen molar-refractivity contribution in [2.75, 3.05) is 5.32 Å². The number of thiophene rings is 1. The Morgan fingerprint density at radius 2 is 2.03 bits per heavy atom. The largest absolute Gasteiger partial charge is 0.478 e. The zero-order valence-corrected chi connectivity index (χ0v) is 16.0. The number of carbonyl (C=O) groups excluding carboxylic acids is 1. The maximum absolute atomic E-state index is 12.5. The number of rotatable bonds is 4. The molecule has 1 amide bonds. The first-order chi connectivity index (χ1) is 14.0. The summed E-state index contributed by atoms with van der Waals surface area (Å²) in [4.78, 5) is 28.9. The highest BCUT2D eigenvalue weighted by Gasteiger charge is 2.23. The van der Waals surface area contributed by atoms with E-state index < -0.39 is 11.9 Å². The highest BCUT2D eigenvalue weighted by Crippen LogP contribution is 2.37. The molecular formula is C20H10ClN3O4S. The molecule has 29 heavy (non-hydrogen) atoms. The molecule has 2 aromatic carbocycles. The number of hydrogen-bond acceptors (Lipinski definition) is 6. The molecule has 0 unspecified atom stereocenters. The number of carboxylic acids is 1. The van der Waals surface area contributed by atoms with Crippen molar-refractivity contribution in [1.82, 2.24) is 4.98 Å². The van der Waals surface area contributed by atoms with Gasteiger partial charge in [-0.15, -0.1) is 11.3 Å². The molecule has 0 radical (unpaired) electrons. The van der Waals surface area contributed by atoms with Crippen LogP contribution in [0.1, 0.15) is 26.6 Å². The molecule has 142 valence electrons. The van der Waals surface area contributed by atoms with Gasteiger partial charge < -0.3 is 14.8 Å². The Bertz CT molecular complexity index is 1290. The number of amides is 1. The molecule has 0 fully saturated rings. The van der Waals surface area contributed by atoms with E-state index in [1.54, 1.807) is 30.3 Å². The third kappa shape index (κ3) is 3.45. The second kappa shape index (κ2) is 7.39. The minimum absolute atomic E-state index is 0.0920. The van der Waals surface area contributed by atoms with Crippen LogP contribution in [0.4, 0.5) is 5.69 Å². The Morgan fingerprint density at radius 3 is 2.76 bits per heavy atom. The van der Waals surface area contributed by atoms with E-state index in [2.05, 4.69) is 10.3 Å². The van der Waals surface area contributed by atoms with Crippen molar-refractivity contribution in [3.63, 3.8) is 0 Å². The Hall–Kier alpha value is -3.67. The third-order valence-corrected chi connectivity index (χ3v) is 5.45. The van der Waals surface area contributed by atoms with E-state index in [1.165, 1.54) is 17.5 Å². The maximum Gasteiger partial charge on any atom is 0.339 e. The van der Waals surface area contributed by atoms with Gasteiger partial charge >= 0.3 is 11.9 Å². The van der Waals surface area contributed by atoms with Gasteiger partial charge in [0.1, 0.15) is 17.1 Å². The van der Waals surface area contributed by atoms with Crippen LogP contribution in [0.2, 0.25) is 5.02 Å². The van der Waals surface area contributed by atoms with Crippen molar-refractivity contribution in [3.05, 3.63) is 69.9 Å². The zero-order chi connectivity index (χ0) is 20.5. The minimum atomic E-state index is -1.22. The van der Waals surface area contributed by atoms with E-state index in [0.717, 1.165) is 11.3 Å². The number of carboxylic acid groups (broad SMARTS) is 1. The SMILES string of the molecule is N#Cc1cc(-c2scc(NC(=O)c3nc4ccccc4o3)c2C(=O)O)ccc1Cl.